The van der Waals surface area contributed by atoms with Gasteiger partial charge < -0.3 is 4.90 Å². The van der Waals surface area contributed by atoms with E-state index in [1.54, 1.807) is 11.3 Å². The number of hydrogen-bond donors (Lipinski definition) is 1. The molecule has 66 valence electrons. The van der Waals surface area contributed by atoms with E-state index in [9.17, 15) is 0 Å². The molecule has 1 heterocycles. The number of nitrogens with one attached hydrogen (secondary N) is 1. The normalized spacial score (nSPS) is 17.4. The monoisotopic (exact) mass is 201 g/mol. The van der Waals surface area contributed by atoms with Crippen molar-refractivity contribution in [1.82, 2.24) is 10.2 Å². The van der Waals surface area contributed by atoms with E-state index < -0.39 is 0 Å². The molecule has 0 bridgehead atoms. The fraction of sp³-hybridized carbons (Fsp3) is 0.714. The van der Waals surface area contributed by atoms with Crippen molar-refractivity contribution in [2.75, 3.05) is 11.9 Å². The Morgan fingerprint density at radius 1 is 1.67 bits per heavy atom. The molecular formula is C7H11N3S2. The molecule has 0 aromatic carbocycles. The zero-order valence-electron chi connectivity index (χ0n) is 6.91. The summed E-state index contributed by atoms with van der Waals surface area (Å²) < 4.78 is 0.760. The van der Waals surface area contributed by atoms with E-state index in [0.717, 1.165) is 9.09 Å². The number of anilines is 1. The van der Waals surface area contributed by atoms with E-state index in [1.807, 2.05) is 0 Å². The first-order valence-electron chi connectivity index (χ1n) is 4.06. The van der Waals surface area contributed by atoms with Crippen molar-refractivity contribution in [1.29, 1.82) is 0 Å². The third-order valence-electron chi connectivity index (χ3n) is 2.35. The number of H-pyrrole nitrogens is 1. The zero-order chi connectivity index (χ0) is 8.55. The lowest BCUT2D eigenvalue weighted by atomic mass is 9.92. The number of aromatic nitrogens is 2. The van der Waals surface area contributed by atoms with Crippen LogP contribution in [0.4, 0.5) is 5.13 Å². The largest absolute Gasteiger partial charge is 0.347 e. The minimum Gasteiger partial charge on any atom is -0.347 e. The third-order valence-corrected chi connectivity index (χ3v) is 3.53. The van der Waals surface area contributed by atoms with Crippen LogP contribution >= 0.6 is 23.6 Å². The summed E-state index contributed by atoms with van der Waals surface area (Å²) in [5.74, 6) is 0. The molecule has 0 spiro atoms. The fourth-order valence-electron chi connectivity index (χ4n) is 1.30. The molecule has 0 radical (unpaired) electrons. The summed E-state index contributed by atoms with van der Waals surface area (Å²) in [6.45, 7) is 0. The van der Waals surface area contributed by atoms with Gasteiger partial charge in [0.1, 0.15) is 0 Å². The number of nitrogens with zero attached hydrogens (tertiary/aromatic N) is 2. The Hall–Kier alpha value is -0.420. The van der Waals surface area contributed by atoms with E-state index in [1.165, 1.54) is 19.3 Å². The van der Waals surface area contributed by atoms with Crippen LogP contribution in [-0.2, 0) is 0 Å². The van der Waals surface area contributed by atoms with Gasteiger partial charge in [0.15, 0.2) is 3.95 Å². The van der Waals surface area contributed by atoms with Gasteiger partial charge in [0.25, 0.3) is 0 Å². The van der Waals surface area contributed by atoms with E-state index in [-0.39, 0.29) is 0 Å². The molecule has 1 aromatic heterocycles. The van der Waals surface area contributed by atoms with Crippen LogP contribution in [0.2, 0.25) is 0 Å². The van der Waals surface area contributed by atoms with Gasteiger partial charge in [-0.3, -0.25) is 5.10 Å². The van der Waals surface area contributed by atoms with Gasteiger partial charge in [0.2, 0.25) is 5.13 Å². The molecule has 0 saturated heterocycles. The Bertz CT molecular complexity index is 312. The molecule has 1 aromatic rings. The molecule has 3 nitrogen and oxygen atoms in total. The topological polar surface area (TPSA) is 31.9 Å². The van der Waals surface area contributed by atoms with Crippen molar-refractivity contribution in [3.63, 3.8) is 0 Å². The highest BCUT2D eigenvalue weighted by molar-refractivity contribution is 7.73. The summed E-state index contributed by atoms with van der Waals surface area (Å²) in [7, 11) is 2.09. The molecule has 2 rings (SSSR count). The first-order valence-corrected chi connectivity index (χ1v) is 5.28. The number of aromatic amines is 1. The average Bonchev–Trinajstić information content (AvgIpc) is 2.31. The molecule has 1 fully saturated rings. The van der Waals surface area contributed by atoms with Crippen LogP contribution in [0.25, 0.3) is 0 Å². The highest BCUT2D eigenvalue weighted by Gasteiger charge is 2.23. The molecule has 1 aliphatic rings. The second-order valence-corrected chi connectivity index (χ2v) is 4.74. The van der Waals surface area contributed by atoms with Gasteiger partial charge in [-0.25, -0.2) is 0 Å². The lowest BCUT2D eigenvalue weighted by Crippen LogP contribution is -2.36. The van der Waals surface area contributed by atoms with Gasteiger partial charge in [-0.2, -0.15) is 0 Å². The Morgan fingerprint density at radius 3 is 2.83 bits per heavy atom. The molecule has 1 aliphatic carbocycles. The predicted octanol–water partition coefficient (Wildman–Crippen LogP) is 2.19. The lowest BCUT2D eigenvalue weighted by molar-refractivity contribution is 0.400. The maximum absolute atomic E-state index is 4.97. The van der Waals surface area contributed by atoms with Crippen LogP contribution in [0.1, 0.15) is 19.3 Å². The van der Waals surface area contributed by atoms with Crippen molar-refractivity contribution >= 4 is 28.7 Å². The molecule has 1 saturated carbocycles. The van der Waals surface area contributed by atoms with Gasteiger partial charge in [-0.05, 0) is 31.5 Å². The summed E-state index contributed by atoms with van der Waals surface area (Å²) in [4.78, 5) is 2.22. The van der Waals surface area contributed by atoms with Crippen LogP contribution in [0.15, 0.2) is 0 Å². The Labute approximate surface area is 80.4 Å². The van der Waals surface area contributed by atoms with Crippen molar-refractivity contribution in [2.45, 2.75) is 25.3 Å². The molecule has 12 heavy (non-hydrogen) atoms. The minimum atomic E-state index is 0.693. The summed E-state index contributed by atoms with van der Waals surface area (Å²) >= 11 is 6.51. The van der Waals surface area contributed by atoms with E-state index >= 15 is 0 Å². The molecule has 0 atom stereocenters. The quantitative estimate of drug-likeness (QED) is 0.744. The van der Waals surface area contributed by atoms with Crippen molar-refractivity contribution < 1.29 is 0 Å². The van der Waals surface area contributed by atoms with E-state index in [0.29, 0.717) is 6.04 Å². The van der Waals surface area contributed by atoms with Gasteiger partial charge in [0.05, 0.1) is 0 Å². The van der Waals surface area contributed by atoms with Gasteiger partial charge in [-0.1, -0.05) is 11.3 Å². The highest BCUT2D eigenvalue weighted by Crippen LogP contribution is 2.28. The lowest BCUT2D eigenvalue weighted by Gasteiger charge is -2.34. The molecule has 0 unspecified atom stereocenters. The number of rotatable bonds is 2. The first-order chi connectivity index (χ1) is 5.77. The predicted molar refractivity (Wildman–Crippen MR) is 53.3 cm³/mol. The highest BCUT2D eigenvalue weighted by atomic mass is 32.1. The van der Waals surface area contributed by atoms with Crippen LogP contribution in [0.5, 0.6) is 0 Å². The summed E-state index contributed by atoms with van der Waals surface area (Å²) in [6.07, 6.45) is 3.94. The molecule has 1 N–H and O–H groups in total. The first kappa shape index (κ1) is 8.19. The van der Waals surface area contributed by atoms with Gasteiger partial charge in [0, 0.05) is 13.1 Å². The SMILES string of the molecule is CN(c1n[nH]c(=S)s1)C1CCC1. The van der Waals surface area contributed by atoms with E-state index in [2.05, 4.69) is 22.1 Å². The molecular weight excluding hydrogens is 190 g/mol. The average molecular weight is 201 g/mol. The van der Waals surface area contributed by atoms with Gasteiger partial charge >= 0.3 is 0 Å². The second-order valence-electron chi connectivity index (χ2n) is 3.09. The van der Waals surface area contributed by atoms with Crippen LogP contribution in [0.3, 0.4) is 0 Å². The molecule has 5 heteroatoms. The summed E-state index contributed by atoms with van der Waals surface area (Å²) in [6, 6.07) is 0.693. The van der Waals surface area contributed by atoms with Crippen molar-refractivity contribution in [3.8, 4) is 0 Å². The smallest absolute Gasteiger partial charge is 0.206 e. The Kier molecular flexibility index (Phi) is 2.14. The third kappa shape index (κ3) is 1.38. The number of hydrogen-bond acceptors (Lipinski definition) is 4. The van der Waals surface area contributed by atoms with Crippen LogP contribution in [-0.4, -0.2) is 23.3 Å². The summed E-state index contributed by atoms with van der Waals surface area (Å²) in [5, 5.41) is 7.95. The molecule has 0 amide bonds. The van der Waals surface area contributed by atoms with Crippen LogP contribution < -0.4 is 4.90 Å². The van der Waals surface area contributed by atoms with Crippen LogP contribution in [0, 0.1) is 3.95 Å². The Balaban J connectivity index is 2.13. The van der Waals surface area contributed by atoms with Crippen molar-refractivity contribution in [3.05, 3.63) is 3.95 Å². The Morgan fingerprint density at radius 2 is 2.42 bits per heavy atom. The maximum atomic E-state index is 4.97. The van der Waals surface area contributed by atoms with E-state index in [4.69, 9.17) is 12.2 Å². The maximum Gasteiger partial charge on any atom is 0.206 e. The zero-order valence-corrected chi connectivity index (χ0v) is 8.54. The van der Waals surface area contributed by atoms with Gasteiger partial charge in [-0.15, -0.1) is 5.10 Å². The molecule has 0 aliphatic heterocycles. The fourth-order valence-corrected chi connectivity index (χ4v) is 2.21. The second kappa shape index (κ2) is 3.14. The minimum absolute atomic E-state index is 0.693. The van der Waals surface area contributed by atoms with Crippen molar-refractivity contribution in [2.24, 2.45) is 0 Å². The summed E-state index contributed by atoms with van der Waals surface area (Å²) in [5.41, 5.74) is 0. The standard InChI is InChI=1S/C7H11N3S2/c1-10(5-3-2-4-5)6-8-9-7(11)12-6/h5H,2-4H2,1H3,(H,9,11).